The summed E-state index contributed by atoms with van der Waals surface area (Å²) < 4.78 is 16.9. The molecule has 0 radical (unpaired) electrons. The molecule has 0 fully saturated rings. The zero-order chi connectivity index (χ0) is 20.8. The van der Waals surface area contributed by atoms with Crippen molar-refractivity contribution in [3.63, 3.8) is 0 Å². The topological polar surface area (TPSA) is 92.5 Å². The van der Waals surface area contributed by atoms with Gasteiger partial charge in [0.05, 0.1) is 32.1 Å². The molecule has 0 amide bonds. The van der Waals surface area contributed by atoms with Crippen LogP contribution in [-0.2, 0) is 11.3 Å². The summed E-state index contributed by atoms with van der Waals surface area (Å²) in [5.41, 5.74) is 1.60. The minimum Gasteiger partial charge on any atom is -0.497 e. The summed E-state index contributed by atoms with van der Waals surface area (Å²) in [5, 5.41) is 4.41. The largest absolute Gasteiger partial charge is 0.497 e. The van der Waals surface area contributed by atoms with Gasteiger partial charge in [0, 0.05) is 18.3 Å². The van der Waals surface area contributed by atoms with Gasteiger partial charge in [-0.25, -0.2) is 9.48 Å². The highest BCUT2D eigenvalue weighted by molar-refractivity contribution is 5.99. The van der Waals surface area contributed by atoms with Gasteiger partial charge in [0.15, 0.2) is 5.78 Å². The lowest BCUT2D eigenvalue weighted by atomic mass is 10.1. The van der Waals surface area contributed by atoms with Crippen LogP contribution in [0.15, 0.2) is 48.7 Å². The second kappa shape index (κ2) is 9.01. The average molecular weight is 395 g/mol. The maximum Gasteiger partial charge on any atom is 0.356 e. The van der Waals surface area contributed by atoms with Crippen molar-refractivity contribution in [2.45, 2.75) is 13.5 Å². The van der Waals surface area contributed by atoms with Crippen LogP contribution in [0.1, 0.15) is 27.8 Å². The summed E-state index contributed by atoms with van der Waals surface area (Å²) in [7, 11) is 3.01. The average Bonchev–Trinajstić information content (AvgIpc) is 3.17. The molecule has 0 aliphatic heterocycles. The number of pyridine rings is 1. The number of hydrogen-bond donors (Lipinski definition) is 0. The Labute approximate surface area is 168 Å². The standard InChI is InChI=1S/C21H21N3O5/c1-4-29-21(26)18-12-17(16-7-5-6-10-22-16)23-24(18)13-19(25)15-9-8-14(27-2)11-20(15)28-3/h5-12H,4,13H2,1-3H3. The van der Waals surface area contributed by atoms with Crippen LogP contribution in [0.5, 0.6) is 11.5 Å². The number of carbonyl (C=O) groups is 2. The second-order valence-corrected chi connectivity index (χ2v) is 6.00. The van der Waals surface area contributed by atoms with Gasteiger partial charge in [0.25, 0.3) is 0 Å². The Morgan fingerprint density at radius 1 is 1.03 bits per heavy atom. The fourth-order valence-corrected chi connectivity index (χ4v) is 2.80. The van der Waals surface area contributed by atoms with Crippen LogP contribution in [0.4, 0.5) is 0 Å². The molecule has 0 N–H and O–H groups in total. The molecule has 1 aromatic carbocycles. The molecular weight excluding hydrogens is 374 g/mol. The molecule has 150 valence electrons. The molecule has 0 unspecified atom stereocenters. The molecular formula is C21H21N3O5. The van der Waals surface area contributed by atoms with Gasteiger partial charge in [-0.2, -0.15) is 5.10 Å². The minimum atomic E-state index is -0.559. The van der Waals surface area contributed by atoms with E-state index in [1.165, 1.54) is 18.9 Å². The third-order valence-corrected chi connectivity index (χ3v) is 4.19. The zero-order valence-corrected chi connectivity index (χ0v) is 16.4. The first kappa shape index (κ1) is 20.1. The van der Waals surface area contributed by atoms with Crippen LogP contribution in [0.2, 0.25) is 0 Å². The summed E-state index contributed by atoms with van der Waals surface area (Å²) in [6.45, 7) is 1.76. The lowest BCUT2D eigenvalue weighted by Gasteiger charge is -2.11. The van der Waals surface area contributed by atoms with Crippen LogP contribution in [0.3, 0.4) is 0 Å². The summed E-state index contributed by atoms with van der Waals surface area (Å²) >= 11 is 0. The molecule has 0 spiro atoms. The third-order valence-electron chi connectivity index (χ3n) is 4.19. The number of methoxy groups -OCH3 is 2. The Bertz CT molecular complexity index is 1010. The lowest BCUT2D eigenvalue weighted by Crippen LogP contribution is -2.18. The highest BCUT2D eigenvalue weighted by Crippen LogP contribution is 2.26. The van der Waals surface area contributed by atoms with E-state index in [1.54, 1.807) is 49.5 Å². The van der Waals surface area contributed by atoms with E-state index in [4.69, 9.17) is 14.2 Å². The predicted molar refractivity (Wildman–Crippen MR) is 105 cm³/mol. The van der Waals surface area contributed by atoms with Crippen LogP contribution in [0.25, 0.3) is 11.4 Å². The van der Waals surface area contributed by atoms with Gasteiger partial charge in [0.1, 0.15) is 29.4 Å². The van der Waals surface area contributed by atoms with Gasteiger partial charge in [-0.15, -0.1) is 0 Å². The monoisotopic (exact) mass is 395 g/mol. The van der Waals surface area contributed by atoms with E-state index in [0.29, 0.717) is 28.5 Å². The molecule has 3 aromatic rings. The Morgan fingerprint density at radius 2 is 1.86 bits per heavy atom. The third kappa shape index (κ3) is 4.43. The number of ketones is 1. The highest BCUT2D eigenvalue weighted by atomic mass is 16.5. The number of Topliss-reactive ketones (excluding diaryl/α,β-unsaturated/α-hetero) is 1. The van der Waals surface area contributed by atoms with Gasteiger partial charge in [-0.05, 0) is 31.2 Å². The Kier molecular flexibility index (Phi) is 6.23. The summed E-state index contributed by atoms with van der Waals surface area (Å²) in [5.74, 6) is 0.119. The van der Waals surface area contributed by atoms with Crippen molar-refractivity contribution in [2.75, 3.05) is 20.8 Å². The number of ether oxygens (including phenoxy) is 3. The Morgan fingerprint density at radius 3 is 2.52 bits per heavy atom. The highest BCUT2D eigenvalue weighted by Gasteiger charge is 2.21. The molecule has 3 rings (SSSR count). The molecule has 8 heteroatoms. The van der Waals surface area contributed by atoms with Crippen molar-refractivity contribution in [1.82, 2.24) is 14.8 Å². The maximum atomic E-state index is 12.9. The van der Waals surface area contributed by atoms with Crippen molar-refractivity contribution >= 4 is 11.8 Å². The Balaban J connectivity index is 1.96. The Hall–Kier alpha value is -3.68. The molecule has 0 saturated carbocycles. The van der Waals surface area contributed by atoms with E-state index in [1.807, 2.05) is 6.07 Å². The van der Waals surface area contributed by atoms with E-state index >= 15 is 0 Å². The van der Waals surface area contributed by atoms with Crippen molar-refractivity contribution in [2.24, 2.45) is 0 Å². The summed E-state index contributed by atoms with van der Waals surface area (Å²) in [4.78, 5) is 29.5. The van der Waals surface area contributed by atoms with Crippen molar-refractivity contribution in [3.8, 4) is 22.9 Å². The number of carbonyl (C=O) groups excluding carboxylic acids is 2. The maximum absolute atomic E-state index is 12.9. The lowest BCUT2D eigenvalue weighted by molar-refractivity contribution is 0.0512. The van der Waals surface area contributed by atoms with Crippen LogP contribution < -0.4 is 9.47 Å². The molecule has 29 heavy (non-hydrogen) atoms. The van der Waals surface area contributed by atoms with E-state index < -0.39 is 5.97 Å². The minimum absolute atomic E-state index is 0.163. The van der Waals surface area contributed by atoms with Gasteiger partial charge in [-0.1, -0.05) is 6.07 Å². The van der Waals surface area contributed by atoms with Crippen LogP contribution in [0, 0.1) is 0 Å². The predicted octanol–water partition coefficient (Wildman–Crippen LogP) is 3.02. The molecule has 2 heterocycles. The summed E-state index contributed by atoms with van der Waals surface area (Å²) in [6.07, 6.45) is 1.63. The quantitative estimate of drug-likeness (QED) is 0.427. The molecule has 0 aliphatic rings. The molecule has 2 aromatic heterocycles. The number of nitrogens with zero attached hydrogens (tertiary/aromatic N) is 3. The van der Waals surface area contributed by atoms with Gasteiger partial charge in [-0.3, -0.25) is 9.78 Å². The van der Waals surface area contributed by atoms with E-state index in [2.05, 4.69) is 10.1 Å². The number of benzene rings is 1. The SMILES string of the molecule is CCOC(=O)c1cc(-c2ccccn2)nn1CC(=O)c1ccc(OC)cc1OC. The van der Waals surface area contributed by atoms with Gasteiger partial charge < -0.3 is 14.2 Å². The molecule has 0 bridgehead atoms. The first-order valence-corrected chi connectivity index (χ1v) is 8.99. The molecule has 0 saturated heterocycles. The van der Waals surface area contributed by atoms with Crippen LogP contribution >= 0.6 is 0 Å². The number of aromatic nitrogens is 3. The van der Waals surface area contributed by atoms with Crippen molar-refractivity contribution < 1.29 is 23.8 Å². The molecule has 0 aliphatic carbocycles. The van der Waals surface area contributed by atoms with E-state index in [-0.39, 0.29) is 24.6 Å². The number of esters is 1. The van der Waals surface area contributed by atoms with E-state index in [9.17, 15) is 9.59 Å². The molecule has 0 atom stereocenters. The second-order valence-electron chi connectivity index (χ2n) is 6.00. The molecule has 8 nitrogen and oxygen atoms in total. The van der Waals surface area contributed by atoms with E-state index in [0.717, 1.165) is 0 Å². The first-order chi connectivity index (χ1) is 14.1. The van der Waals surface area contributed by atoms with Crippen molar-refractivity contribution in [1.29, 1.82) is 0 Å². The fraction of sp³-hybridized carbons (Fsp3) is 0.238. The van der Waals surface area contributed by atoms with Gasteiger partial charge >= 0.3 is 5.97 Å². The van der Waals surface area contributed by atoms with Crippen LogP contribution in [-0.4, -0.2) is 47.3 Å². The fourth-order valence-electron chi connectivity index (χ4n) is 2.80. The van der Waals surface area contributed by atoms with Gasteiger partial charge in [0.2, 0.25) is 0 Å². The zero-order valence-electron chi connectivity index (χ0n) is 16.4. The van der Waals surface area contributed by atoms with Crippen molar-refractivity contribution in [3.05, 3.63) is 59.9 Å². The number of rotatable bonds is 8. The normalized spacial score (nSPS) is 10.4. The smallest absolute Gasteiger partial charge is 0.356 e. The first-order valence-electron chi connectivity index (χ1n) is 8.99. The number of hydrogen-bond acceptors (Lipinski definition) is 7. The summed E-state index contributed by atoms with van der Waals surface area (Å²) in [6, 6.07) is 11.9.